The van der Waals surface area contributed by atoms with Crippen LogP contribution < -0.4 is 5.32 Å². The van der Waals surface area contributed by atoms with Crippen LogP contribution in [-0.4, -0.2) is 16.8 Å². The van der Waals surface area contributed by atoms with E-state index < -0.39 is 23.3 Å². The van der Waals surface area contributed by atoms with Crippen LogP contribution in [0.1, 0.15) is 18.1 Å². The Morgan fingerprint density at radius 1 is 1.12 bits per heavy atom. The summed E-state index contributed by atoms with van der Waals surface area (Å²) in [6, 6.07) is 10.1. The highest BCUT2D eigenvalue weighted by atomic mass is 35.5. The van der Waals surface area contributed by atoms with E-state index in [9.17, 15) is 14.0 Å². The molecule has 3 amide bonds. The minimum Gasteiger partial charge on any atom is -0.319 e. The number of carbonyl (C=O) groups is 2. The lowest BCUT2D eigenvalue weighted by atomic mass is 9.92. The molecule has 0 bridgehead atoms. The third kappa shape index (κ3) is 2.74. The van der Waals surface area contributed by atoms with Crippen molar-refractivity contribution >= 4 is 35.1 Å². The average Bonchev–Trinajstić information content (AvgIpc) is 2.74. The molecule has 0 unspecified atom stereocenters. The molecule has 1 saturated heterocycles. The van der Waals surface area contributed by atoms with Crippen LogP contribution in [0, 0.1) is 5.82 Å². The summed E-state index contributed by atoms with van der Waals surface area (Å²) in [5.41, 5.74) is -0.273. The van der Waals surface area contributed by atoms with Gasteiger partial charge in [-0.3, -0.25) is 9.69 Å². The van der Waals surface area contributed by atoms with E-state index >= 15 is 0 Å². The first-order valence-corrected chi connectivity index (χ1v) is 7.91. The SMILES string of the molecule is C[C@]1(c2ccccc2Cl)NC(=O)N(Cc2ccc(F)cc2Cl)C1=O. The van der Waals surface area contributed by atoms with Gasteiger partial charge in [0.1, 0.15) is 11.4 Å². The summed E-state index contributed by atoms with van der Waals surface area (Å²) in [5, 5.41) is 3.21. The molecule has 2 aromatic rings. The number of halogens is 3. The van der Waals surface area contributed by atoms with Crippen molar-refractivity contribution in [2.75, 3.05) is 0 Å². The first kappa shape index (κ1) is 16.7. The Kier molecular flexibility index (Phi) is 4.24. The van der Waals surface area contributed by atoms with Gasteiger partial charge < -0.3 is 5.32 Å². The zero-order valence-electron chi connectivity index (χ0n) is 12.6. The molecule has 1 atom stereocenters. The maximum Gasteiger partial charge on any atom is 0.325 e. The second-order valence-corrected chi connectivity index (χ2v) is 6.48. The standard InChI is InChI=1S/C17H13Cl2FN2O2/c1-17(12-4-2-3-5-13(12)18)15(23)22(16(24)21-17)9-10-6-7-11(20)8-14(10)19/h2-8H,9H2,1H3,(H,21,24)/t17-/m1/s1. The number of rotatable bonds is 3. The van der Waals surface area contributed by atoms with Gasteiger partial charge in [-0.25, -0.2) is 9.18 Å². The van der Waals surface area contributed by atoms with E-state index in [2.05, 4.69) is 5.32 Å². The summed E-state index contributed by atoms with van der Waals surface area (Å²) < 4.78 is 13.1. The fraction of sp³-hybridized carbons (Fsp3) is 0.176. The van der Waals surface area contributed by atoms with E-state index in [0.29, 0.717) is 16.1 Å². The van der Waals surface area contributed by atoms with Crippen molar-refractivity contribution in [2.24, 2.45) is 0 Å². The molecule has 7 heteroatoms. The van der Waals surface area contributed by atoms with E-state index in [1.807, 2.05) is 0 Å². The van der Waals surface area contributed by atoms with Crippen LogP contribution in [0.4, 0.5) is 9.18 Å². The molecule has 1 heterocycles. The van der Waals surface area contributed by atoms with Gasteiger partial charge in [0.2, 0.25) is 0 Å². The lowest BCUT2D eigenvalue weighted by molar-refractivity contribution is -0.131. The molecular weight excluding hydrogens is 354 g/mol. The van der Waals surface area contributed by atoms with E-state index in [-0.39, 0.29) is 11.6 Å². The molecule has 0 aliphatic carbocycles. The number of nitrogens with zero attached hydrogens (tertiary/aromatic N) is 1. The first-order valence-electron chi connectivity index (χ1n) is 7.16. The van der Waals surface area contributed by atoms with Crippen LogP contribution in [0.15, 0.2) is 42.5 Å². The average molecular weight is 367 g/mol. The number of nitrogens with one attached hydrogen (secondary N) is 1. The van der Waals surface area contributed by atoms with Crippen LogP contribution in [-0.2, 0) is 16.9 Å². The first-order chi connectivity index (χ1) is 11.3. The molecule has 0 saturated carbocycles. The Labute approximate surface area is 148 Å². The molecule has 1 aliphatic rings. The minimum atomic E-state index is -1.26. The Morgan fingerprint density at radius 2 is 1.83 bits per heavy atom. The van der Waals surface area contributed by atoms with Gasteiger partial charge in [0.25, 0.3) is 5.91 Å². The largest absolute Gasteiger partial charge is 0.325 e. The third-order valence-electron chi connectivity index (χ3n) is 4.03. The van der Waals surface area contributed by atoms with Gasteiger partial charge >= 0.3 is 6.03 Å². The van der Waals surface area contributed by atoms with Crippen molar-refractivity contribution in [3.8, 4) is 0 Å². The van der Waals surface area contributed by atoms with E-state index in [0.717, 1.165) is 11.0 Å². The summed E-state index contributed by atoms with van der Waals surface area (Å²) in [6.45, 7) is 1.55. The van der Waals surface area contributed by atoms with Gasteiger partial charge in [-0.05, 0) is 30.7 Å². The highest BCUT2D eigenvalue weighted by molar-refractivity contribution is 6.32. The van der Waals surface area contributed by atoms with Crippen LogP contribution in [0.2, 0.25) is 10.0 Å². The van der Waals surface area contributed by atoms with Crippen molar-refractivity contribution in [2.45, 2.75) is 19.0 Å². The number of amides is 3. The molecule has 1 aliphatic heterocycles. The van der Waals surface area contributed by atoms with Crippen LogP contribution in [0.5, 0.6) is 0 Å². The molecule has 0 aromatic heterocycles. The van der Waals surface area contributed by atoms with Crippen LogP contribution in [0.3, 0.4) is 0 Å². The highest BCUT2D eigenvalue weighted by Crippen LogP contribution is 2.34. The molecule has 1 N–H and O–H groups in total. The summed E-state index contributed by atoms with van der Waals surface area (Å²) in [5.74, 6) is -0.928. The Hall–Kier alpha value is -2.11. The number of benzene rings is 2. The number of urea groups is 1. The van der Waals surface area contributed by atoms with Gasteiger partial charge in [-0.1, -0.05) is 47.5 Å². The molecule has 0 radical (unpaired) electrons. The second-order valence-electron chi connectivity index (χ2n) is 5.66. The van der Waals surface area contributed by atoms with Crippen molar-refractivity contribution in [1.82, 2.24) is 10.2 Å². The predicted molar refractivity (Wildman–Crippen MR) is 89.3 cm³/mol. The van der Waals surface area contributed by atoms with Crippen LogP contribution in [0.25, 0.3) is 0 Å². The molecule has 124 valence electrons. The summed E-state index contributed by atoms with van der Waals surface area (Å²) in [7, 11) is 0. The van der Waals surface area contributed by atoms with E-state index in [1.54, 1.807) is 31.2 Å². The third-order valence-corrected chi connectivity index (χ3v) is 4.71. The summed E-state index contributed by atoms with van der Waals surface area (Å²) >= 11 is 12.2. The Balaban J connectivity index is 1.93. The molecule has 3 rings (SSSR count). The van der Waals surface area contributed by atoms with Gasteiger partial charge in [-0.15, -0.1) is 0 Å². The monoisotopic (exact) mass is 366 g/mol. The molecule has 4 nitrogen and oxygen atoms in total. The van der Waals surface area contributed by atoms with Crippen molar-refractivity contribution in [3.05, 3.63) is 69.5 Å². The minimum absolute atomic E-state index is 0.0518. The molecule has 2 aromatic carbocycles. The normalized spacial score (nSPS) is 20.4. The maximum absolute atomic E-state index is 13.1. The number of carbonyl (C=O) groups excluding carboxylic acids is 2. The highest BCUT2D eigenvalue weighted by Gasteiger charge is 2.49. The van der Waals surface area contributed by atoms with Gasteiger partial charge in [-0.2, -0.15) is 0 Å². The predicted octanol–water partition coefficient (Wildman–Crippen LogP) is 4.10. The zero-order chi connectivity index (χ0) is 17.5. The topological polar surface area (TPSA) is 49.4 Å². The number of imide groups is 1. The van der Waals surface area contributed by atoms with Crippen LogP contribution >= 0.6 is 23.2 Å². The van der Waals surface area contributed by atoms with Crippen molar-refractivity contribution in [3.63, 3.8) is 0 Å². The lowest BCUT2D eigenvalue weighted by Crippen LogP contribution is -2.41. The molecule has 0 spiro atoms. The molecule has 1 fully saturated rings. The zero-order valence-corrected chi connectivity index (χ0v) is 14.2. The fourth-order valence-corrected chi connectivity index (χ4v) is 3.26. The smallest absolute Gasteiger partial charge is 0.319 e. The molecule has 24 heavy (non-hydrogen) atoms. The van der Waals surface area contributed by atoms with Gasteiger partial charge in [0.15, 0.2) is 0 Å². The maximum atomic E-state index is 13.1. The molecular formula is C17H13Cl2FN2O2. The number of hydrogen-bond donors (Lipinski definition) is 1. The fourth-order valence-electron chi connectivity index (χ4n) is 2.71. The van der Waals surface area contributed by atoms with E-state index in [1.165, 1.54) is 12.1 Å². The lowest BCUT2D eigenvalue weighted by Gasteiger charge is -2.23. The quantitative estimate of drug-likeness (QED) is 0.831. The summed E-state index contributed by atoms with van der Waals surface area (Å²) in [6.07, 6.45) is 0. The van der Waals surface area contributed by atoms with Crippen molar-refractivity contribution < 1.29 is 14.0 Å². The Morgan fingerprint density at radius 3 is 2.50 bits per heavy atom. The van der Waals surface area contributed by atoms with Gasteiger partial charge in [0.05, 0.1) is 6.54 Å². The van der Waals surface area contributed by atoms with E-state index in [4.69, 9.17) is 23.2 Å². The second kappa shape index (κ2) is 6.07. The summed E-state index contributed by atoms with van der Waals surface area (Å²) in [4.78, 5) is 26.2. The van der Waals surface area contributed by atoms with Gasteiger partial charge in [0, 0.05) is 15.6 Å². The number of hydrogen-bond acceptors (Lipinski definition) is 2. The van der Waals surface area contributed by atoms with Crippen molar-refractivity contribution in [1.29, 1.82) is 0 Å². The Bertz CT molecular complexity index is 843.